The lowest BCUT2D eigenvalue weighted by atomic mass is 9.96. The van der Waals surface area contributed by atoms with E-state index in [9.17, 15) is 0 Å². The van der Waals surface area contributed by atoms with E-state index in [1.54, 1.807) is 11.8 Å². The van der Waals surface area contributed by atoms with Gasteiger partial charge in [-0.15, -0.1) is 11.8 Å². The summed E-state index contributed by atoms with van der Waals surface area (Å²) in [5.74, 6) is 1.62. The Bertz CT molecular complexity index is 608. The summed E-state index contributed by atoms with van der Waals surface area (Å²) in [5, 5.41) is 3.34. The second-order valence-electron chi connectivity index (χ2n) is 5.51. The second-order valence-corrected chi connectivity index (χ2v) is 7.20. The first-order valence-electron chi connectivity index (χ1n) is 6.34. The number of aromatic nitrogens is 2. The van der Waals surface area contributed by atoms with E-state index in [2.05, 4.69) is 70.4 Å². The third kappa shape index (κ3) is 3.96. The van der Waals surface area contributed by atoms with Crippen LogP contribution in [0.25, 0.3) is 0 Å². The van der Waals surface area contributed by atoms with E-state index in [4.69, 9.17) is 0 Å². The van der Waals surface area contributed by atoms with E-state index >= 15 is 0 Å². The number of hydrogen-bond acceptors (Lipinski definition) is 4. The van der Waals surface area contributed by atoms with E-state index in [-0.39, 0.29) is 5.41 Å². The molecule has 0 radical (unpaired) electrons. The van der Waals surface area contributed by atoms with Gasteiger partial charge in [0.1, 0.15) is 16.2 Å². The maximum absolute atomic E-state index is 4.60. The lowest BCUT2D eigenvalue weighted by molar-refractivity contribution is 0.544. The van der Waals surface area contributed by atoms with Crippen molar-refractivity contribution < 1.29 is 0 Å². The SMILES string of the molecule is CSc1cccc(Nc2cc(Br)nc(C(C)(C)C)n2)c1. The Labute approximate surface area is 132 Å². The van der Waals surface area contributed by atoms with Crippen molar-refractivity contribution in [3.05, 3.63) is 40.8 Å². The van der Waals surface area contributed by atoms with E-state index < -0.39 is 0 Å². The molecule has 106 valence electrons. The molecule has 2 aromatic rings. The van der Waals surface area contributed by atoms with Crippen LogP contribution in [-0.2, 0) is 5.41 Å². The molecule has 0 unspecified atom stereocenters. The fourth-order valence-electron chi connectivity index (χ4n) is 1.67. The van der Waals surface area contributed by atoms with Crippen LogP contribution in [0.5, 0.6) is 0 Å². The van der Waals surface area contributed by atoms with E-state index in [0.29, 0.717) is 0 Å². The van der Waals surface area contributed by atoms with Crippen LogP contribution in [0.3, 0.4) is 0 Å². The van der Waals surface area contributed by atoms with Gasteiger partial charge < -0.3 is 5.32 Å². The average molecular weight is 352 g/mol. The second kappa shape index (κ2) is 6.14. The summed E-state index contributed by atoms with van der Waals surface area (Å²) in [6, 6.07) is 10.2. The number of halogens is 1. The van der Waals surface area contributed by atoms with Crippen molar-refractivity contribution in [1.29, 1.82) is 0 Å². The number of hydrogen-bond donors (Lipinski definition) is 1. The van der Waals surface area contributed by atoms with Gasteiger partial charge in [0.2, 0.25) is 0 Å². The Balaban J connectivity index is 2.31. The lowest BCUT2D eigenvalue weighted by Gasteiger charge is -2.18. The largest absolute Gasteiger partial charge is 0.340 e. The Morgan fingerprint density at radius 2 is 1.90 bits per heavy atom. The normalized spacial score (nSPS) is 11.4. The molecule has 0 fully saturated rings. The van der Waals surface area contributed by atoms with E-state index in [1.165, 1.54) is 4.90 Å². The minimum atomic E-state index is -0.0820. The highest BCUT2D eigenvalue weighted by molar-refractivity contribution is 9.10. The molecule has 0 bridgehead atoms. The minimum absolute atomic E-state index is 0.0820. The Morgan fingerprint density at radius 1 is 1.15 bits per heavy atom. The van der Waals surface area contributed by atoms with Gasteiger partial charge in [0.05, 0.1) is 0 Å². The highest BCUT2D eigenvalue weighted by Crippen LogP contribution is 2.25. The van der Waals surface area contributed by atoms with E-state index in [1.807, 2.05) is 18.2 Å². The zero-order valence-corrected chi connectivity index (χ0v) is 14.5. The number of thioether (sulfide) groups is 1. The van der Waals surface area contributed by atoms with Crippen LogP contribution in [0.4, 0.5) is 11.5 Å². The predicted molar refractivity (Wildman–Crippen MR) is 89.9 cm³/mol. The molecule has 0 amide bonds. The predicted octanol–water partition coefficient (Wildman–Crippen LogP) is 5.00. The van der Waals surface area contributed by atoms with Crippen LogP contribution >= 0.6 is 27.7 Å². The quantitative estimate of drug-likeness (QED) is 0.623. The summed E-state index contributed by atoms with van der Waals surface area (Å²) in [4.78, 5) is 10.3. The first kappa shape index (κ1) is 15.3. The number of nitrogens with one attached hydrogen (secondary N) is 1. The molecule has 0 aliphatic heterocycles. The molecule has 1 aromatic heterocycles. The lowest BCUT2D eigenvalue weighted by Crippen LogP contribution is -2.16. The number of anilines is 2. The van der Waals surface area contributed by atoms with Crippen LogP contribution in [0.2, 0.25) is 0 Å². The topological polar surface area (TPSA) is 37.8 Å². The molecule has 1 heterocycles. The molecule has 5 heteroatoms. The Morgan fingerprint density at radius 3 is 2.55 bits per heavy atom. The highest BCUT2D eigenvalue weighted by Gasteiger charge is 2.18. The third-order valence-electron chi connectivity index (χ3n) is 2.71. The molecule has 3 nitrogen and oxygen atoms in total. The average Bonchev–Trinajstić information content (AvgIpc) is 2.37. The molecule has 1 N–H and O–H groups in total. The zero-order valence-electron chi connectivity index (χ0n) is 12.1. The zero-order chi connectivity index (χ0) is 14.8. The molecule has 0 aliphatic rings. The maximum atomic E-state index is 4.60. The number of benzene rings is 1. The van der Waals surface area contributed by atoms with Crippen molar-refractivity contribution in [2.24, 2.45) is 0 Å². The molecule has 0 spiro atoms. The summed E-state index contributed by atoms with van der Waals surface area (Å²) in [6.45, 7) is 6.31. The number of nitrogens with zero attached hydrogens (tertiary/aromatic N) is 2. The molecule has 0 saturated heterocycles. The summed E-state index contributed by atoms with van der Waals surface area (Å²) >= 11 is 5.17. The molecule has 20 heavy (non-hydrogen) atoms. The van der Waals surface area contributed by atoms with Crippen LogP contribution in [0, 0.1) is 0 Å². The maximum Gasteiger partial charge on any atom is 0.137 e. The van der Waals surface area contributed by atoms with Gasteiger partial charge in [0.25, 0.3) is 0 Å². The molecule has 1 aromatic carbocycles. The van der Waals surface area contributed by atoms with Crippen molar-refractivity contribution in [1.82, 2.24) is 9.97 Å². The van der Waals surface area contributed by atoms with Gasteiger partial charge in [-0.2, -0.15) is 0 Å². The van der Waals surface area contributed by atoms with Gasteiger partial charge in [0.15, 0.2) is 0 Å². The van der Waals surface area contributed by atoms with Crippen LogP contribution in [0.1, 0.15) is 26.6 Å². The van der Waals surface area contributed by atoms with Crippen LogP contribution in [-0.4, -0.2) is 16.2 Å². The van der Waals surface area contributed by atoms with Gasteiger partial charge in [-0.05, 0) is 40.4 Å². The van der Waals surface area contributed by atoms with Gasteiger partial charge >= 0.3 is 0 Å². The van der Waals surface area contributed by atoms with E-state index in [0.717, 1.165) is 21.9 Å². The highest BCUT2D eigenvalue weighted by atomic mass is 79.9. The standard InChI is InChI=1S/C15H18BrN3S/c1-15(2,3)14-18-12(16)9-13(19-14)17-10-6-5-7-11(8-10)20-4/h5-9H,1-4H3,(H,17,18,19). The molecule has 2 rings (SSSR count). The van der Waals surface area contributed by atoms with Crippen molar-refractivity contribution in [3.63, 3.8) is 0 Å². The molecule has 0 atom stereocenters. The Kier molecular flexibility index (Phi) is 4.70. The summed E-state index contributed by atoms with van der Waals surface area (Å²) in [7, 11) is 0. The smallest absolute Gasteiger partial charge is 0.137 e. The first-order valence-corrected chi connectivity index (χ1v) is 8.36. The molecule has 0 saturated carbocycles. The summed E-state index contributed by atoms with van der Waals surface area (Å²) in [5.41, 5.74) is 0.948. The van der Waals surface area contributed by atoms with Gasteiger partial charge in [-0.1, -0.05) is 26.8 Å². The van der Waals surface area contributed by atoms with Crippen molar-refractivity contribution in [2.75, 3.05) is 11.6 Å². The number of rotatable bonds is 3. The van der Waals surface area contributed by atoms with Crippen LogP contribution < -0.4 is 5.32 Å². The van der Waals surface area contributed by atoms with Gasteiger partial charge in [0, 0.05) is 22.1 Å². The minimum Gasteiger partial charge on any atom is -0.340 e. The molecule has 0 aliphatic carbocycles. The molecular weight excluding hydrogens is 334 g/mol. The Hall–Kier alpha value is -1.07. The van der Waals surface area contributed by atoms with Crippen LogP contribution in [0.15, 0.2) is 39.8 Å². The first-order chi connectivity index (χ1) is 9.38. The third-order valence-corrected chi connectivity index (χ3v) is 3.84. The molecular formula is C15H18BrN3S. The fourth-order valence-corrected chi connectivity index (χ4v) is 2.51. The monoisotopic (exact) mass is 351 g/mol. The van der Waals surface area contributed by atoms with Crippen molar-refractivity contribution in [3.8, 4) is 0 Å². The fraction of sp³-hybridized carbons (Fsp3) is 0.333. The van der Waals surface area contributed by atoms with Crippen molar-refractivity contribution in [2.45, 2.75) is 31.1 Å². The summed E-state index contributed by atoms with van der Waals surface area (Å²) in [6.07, 6.45) is 2.07. The van der Waals surface area contributed by atoms with Gasteiger partial charge in [-0.3, -0.25) is 0 Å². The summed E-state index contributed by atoms with van der Waals surface area (Å²) < 4.78 is 0.793. The van der Waals surface area contributed by atoms with Gasteiger partial charge in [-0.25, -0.2) is 9.97 Å². The van der Waals surface area contributed by atoms with Crippen molar-refractivity contribution >= 4 is 39.2 Å².